The molecular weight excluding hydrogens is 302 g/mol. The van der Waals surface area contributed by atoms with Crippen LogP contribution in [0.15, 0.2) is 42.7 Å². The lowest BCUT2D eigenvalue weighted by atomic mass is 9.90. The summed E-state index contributed by atoms with van der Waals surface area (Å²) >= 11 is 0. The molecular formula is C19H25N3O2. The smallest absolute Gasteiger partial charge is 0.229 e. The van der Waals surface area contributed by atoms with Gasteiger partial charge in [0.2, 0.25) is 5.91 Å². The van der Waals surface area contributed by atoms with E-state index in [1.807, 2.05) is 59.8 Å². The van der Waals surface area contributed by atoms with Crippen molar-refractivity contribution in [3.63, 3.8) is 0 Å². The van der Waals surface area contributed by atoms with E-state index in [9.17, 15) is 9.90 Å². The van der Waals surface area contributed by atoms with Crippen molar-refractivity contribution in [1.29, 1.82) is 0 Å². The van der Waals surface area contributed by atoms with Crippen LogP contribution < -0.4 is 0 Å². The number of hydrogen-bond donors (Lipinski definition) is 1. The number of aliphatic hydroxyl groups is 1. The lowest BCUT2D eigenvalue weighted by molar-refractivity contribution is -0.137. The van der Waals surface area contributed by atoms with E-state index >= 15 is 0 Å². The summed E-state index contributed by atoms with van der Waals surface area (Å²) in [4.78, 5) is 18.8. The number of nitrogens with zero attached hydrogens (tertiary/aromatic N) is 3. The van der Waals surface area contributed by atoms with Gasteiger partial charge in [-0.25, -0.2) is 4.98 Å². The Kier molecular flexibility index (Phi) is 4.71. The molecule has 1 atom stereocenters. The Morgan fingerprint density at radius 2 is 1.96 bits per heavy atom. The van der Waals surface area contributed by atoms with Crippen molar-refractivity contribution in [3.8, 4) is 0 Å². The van der Waals surface area contributed by atoms with Crippen molar-refractivity contribution >= 4 is 5.91 Å². The third-order valence-electron chi connectivity index (χ3n) is 5.06. The predicted octanol–water partition coefficient (Wildman–Crippen LogP) is 2.35. The zero-order chi connectivity index (χ0) is 17.2. The number of likely N-dealkylation sites (tertiary alicyclic amines) is 1. The first-order valence-corrected chi connectivity index (χ1v) is 8.52. The van der Waals surface area contributed by atoms with E-state index in [0.717, 1.165) is 11.4 Å². The van der Waals surface area contributed by atoms with Gasteiger partial charge in [0.15, 0.2) is 0 Å². The van der Waals surface area contributed by atoms with Gasteiger partial charge < -0.3 is 14.6 Å². The Hall–Kier alpha value is -2.14. The highest BCUT2D eigenvalue weighted by Crippen LogP contribution is 2.27. The zero-order valence-corrected chi connectivity index (χ0v) is 14.4. The van der Waals surface area contributed by atoms with Crippen LogP contribution in [0.1, 0.15) is 37.1 Å². The van der Waals surface area contributed by atoms with Crippen LogP contribution in [-0.2, 0) is 11.3 Å². The predicted molar refractivity (Wildman–Crippen MR) is 92.6 cm³/mol. The summed E-state index contributed by atoms with van der Waals surface area (Å²) in [6.07, 6.45) is 4.83. The van der Waals surface area contributed by atoms with Gasteiger partial charge in [-0.3, -0.25) is 4.79 Å². The minimum atomic E-state index is -0.766. The number of aryl methyl sites for hydroxylation is 1. The van der Waals surface area contributed by atoms with Crippen LogP contribution in [0.25, 0.3) is 0 Å². The lowest BCUT2D eigenvalue weighted by Crippen LogP contribution is -2.49. The molecule has 1 amide bonds. The summed E-state index contributed by atoms with van der Waals surface area (Å²) in [7, 11) is 0. The second-order valence-electron chi connectivity index (χ2n) is 6.78. The molecule has 5 nitrogen and oxygen atoms in total. The largest absolute Gasteiger partial charge is 0.388 e. The summed E-state index contributed by atoms with van der Waals surface area (Å²) in [5, 5.41) is 10.8. The molecule has 24 heavy (non-hydrogen) atoms. The number of carbonyl (C=O) groups is 1. The van der Waals surface area contributed by atoms with Crippen molar-refractivity contribution in [3.05, 3.63) is 54.1 Å². The number of carbonyl (C=O) groups excluding carboxylic acids is 1. The lowest BCUT2D eigenvalue weighted by Gasteiger charge is -2.39. The molecule has 1 aliphatic rings. The quantitative estimate of drug-likeness (QED) is 0.938. The SMILES string of the molecule is Cc1nccn1CC1(O)CCN(C(=O)C(C)c2ccccc2)CC1. The van der Waals surface area contributed by atoms with Crippen LogP contribution in [-0.4, -0.2) is 44.2 Å². The second-order valence-corrected chi connectivity index (χ2v) is 6.78. The molecule has 0 saturated carbocycles. The zero-order valence-electron chi connectivity index (χ0n) is 14.4. The van der Waals surface area contributed by atoms with Crippen molar-refractivity contribution in [2.75, 3.05) is 13.1 Å². The van der Waals surface area contributed by atoms with E-state index in [4.69, 9.17) is 0 Å². The van der Waals surface area contributed by atoms with E-state index in [1.165, 1.54) is 0 Å². The average molecular weight is 327 g/mol. The first-order chi connectivity index (χ1) is 11.5. The van der Waals surface area contributed by atoms with Gasteiger partial charge in [-0.1, -0.05) is 30.3 Å². The number of piperidine rings is 1. The van der Waals surface area contributed by atoms with Crippen LogP contribution in [0.5, 0.6) is 0 Å². The molecule has 1 N–H and O–H groups in total. The Morgan fingerprint density at radius 1 is 1.29 bits per heavy atom. The molecule has 3 rings (SSSR count). The number of aromatic nitrogens is 2. The molecule has 2 aromatic rings. The molecule has 0 spiro atoms. The fourth-order valence-electron chi connectivity index (χ4n) is 3.35. The Morgan fingerprint density at radius 3 is 2.54 bits per heavy atom. The number of imidazole rings is 1. The fraction of sp³-hybridized carbons (Fsp3) is 0.474. The first-order valence-electron chi connectivity index (χ1n) is 8.52. The molecule has 1 aliphatic heterocycles. The van der Waals surface area contributed by atoms with Gasteiger partial charge in [0.25, 0.3) is 0 Å². The number of amides is 1. The van der Waals surface area contributed by atoms with Crippen molar-refractivity contribution in [2.45, 2.75) is 44.8 Å². The van der Waals surface area contributed by atoms with Gasteiger partial charge in [0, 0.05) is 25.5 Å². The molecule has 2 heterocycles. The van der Waals surface area contributed by atoms with E-state index in [0.29, 0.717) is 32.5 Å². The molecule has 1 aromatic heterocycles. The summed E-state index contributed by atoms with van der Waals surface area (Å²) in [5.74, 6) is 0.898. The first kappa shape index (κ1) is 16.7. The van der Waals surface area contributed by atoms with E-state index in [-0.39, 0.29) is 11.8 Å². The summed E-state index contributed by atoms with van der Waals surface area (Å²) in [6.45, 7) is 5.62. The standard InChI is InChI=1S/C19H25N3O2/c1-15(17-6-4-3-5-7-17)18(23)21-11-8-19(24,9-12-21)14-22-13-10-20-16(22)2/h3-7,10,13,15,24H,8-9,11-12,14H2,1-2H3. The van der Waals surface area contributed by atoms with Crippen molar-refractivity contribution in [2.24, 2.45) is 0 Å². The number of hydrogen-bond acceptors (Lipinski definition) is 3. The molecule has 1 saturated heterocycles. The van der Waals surface area contributed by atoms with Crippen LogP contribution in [0.2, 0.25) is 0 Å². The monoisotopic (exact) mass is 327 g/mol. The van der Waals surface area contributed by atoms with Gasteiger partial charge in [0.1, 0.15) is 5.82 Å². The highest BCUT2D eigenvalue weighted by atomic mass is 16.3. The topological polar surface area (TPSA) is 58.4 Å². The molecule has 0 aliphatic carbocycles. The van der Waals surface area contributed by atoms with Gasteiger partial charge in [-0.05, 0) is 32.3 Å². The number of rotatable bonds is 4. The average Bonchev–Trinajstić information content (AvgIpc) is 2.99. The molecule has 1 unspecified atom stereocenters. The summed E-state index contributed by atoms with van der Waals surface area (Å²) in [6, 6.07) is 9.86. The summed E-state index contributed by atoms with van der Waals surface area (Å²) < 4.78 is 1.98. The van der Waals surface area contributed by atoms with Crippen LogP contribution in [0.4, 0.5) is 0 Å². The highest BCUT2D eigenvalue weighted by Gasteiger charge is 2.35. The van der Waals surface area contributed by atoms with Gasteiger partial charge in [-0.15, -0.1) is 0 Å². The maximum absolute atomic E-state index is 12.7. The van der Waals surface area contributed by atoms with Crippen molar-refractivity contribution in [1.82, 2.24) is 14.5 Å². The molecule has 128 valence electrons. The fourth-order valence-corrected chi connectivity index (χ4v) is 3.35. The Balaban J connectivity index is 1.60. The third kappa shape index (κ3) is 3.51. The van der Waals surface area contributed by atoms with Crippen molar-refractivity contribution < 1.29 is 9.90 Å². The van der Waals surface area contributed by atoms with Crippen LogP contribution >= 0.6 is 0 Å². The molecule has 0 bridgehead atoms. The second kappa shape index (κ2) is 6.77. The molecule has 1 fully saturated rings. The number of benzene rings is 1. The highest BCUT2D eigenvalue weighted by molar-refractivity contribution is 5.83. The maximum Gasteiger partial charge on any atom is 0.229 e. The molecule has 5 heteroatoms. The minimum absolute atomic E-state index is 0.141. The van der Waals surface area contributed by atoms with E-state index in [1.54, 1.807) is 6.20 Å². The summed E-state index contributed by atoms with van der Waals surface area (Å²) in [5.41, 5.74) is 0.274. The maximum atomic E-state index is 12.7. The normalized spacial score (nSPS) is 18.4. The minimum Gasteiger partial charge on any atom is -0.388 e. The van der Waals surface area contributed by atoms with Crippen LogP contribution in [0, 0.1) is 6.92 Å². The third-order valence-corrected chi connectivity index (χ3v) is 5.06. The van der Waals surface area contributed by atoms with Gasteiger partial charge in [-0.2, -0.15) is 0 Å². The van der Waals surface area contributed by atoms with Crippen LogP contribution in [0.3, 0.4) is 0 Å². The Labute approximate surface area is 142 Å². The van der Waals surface area contributed by atoms with E-state index in [2.05, 4.69) is 4.98 Å². The van der Waals surface area contributed by atoms with E-state index < -0.39 is 5.60 Å². The van der Waals surface area contributed by atoms with Gasteiger partial charge >= 0.3 is 0 Å². The molecule has 0 radical (unpaired) electrons. The Bertz CT molecular complexity index is 688. The molecule has 1 aromatic carbocycles. The van der Waals surface area contributed by atoms with Gasteiger partial charge in [0.05, 0.1) is 18.1 Å².